The number of carbonyl (C=O) groups excluding carboxylic acids is 2. The van der Waals surface area contributed by atoms with Gasteiger partial charge in [-0.05, 0) is 89.9 Å². The summed E-state index contributed by atoms with van der Waals surface area (Å²) in [6.45, 7) is 3.19. The second-order valence-electron chi connectivity index (χ2n) is 13.8. The van der Waals surface area contributed by atoms with Gasteiger partial charge in [-0.3, -0.25) is 18.6 Å². The van der Waals surface area contributed by atoms with E-state index in [4.69, 9.17) is 24.3 Å². The third-order valence-corrected chi connectivity index (χ3v) is 9.45. The number of hydrogen-bond acceptors (Lipinski definition) is 10. The Bertz CT molecular complexity index is 1240. The van der Waals surface area contributed by atoms with Crippen LogP contribution in [0, 0.1) is 0 Å². The number of nitrogens with two attached hydrogens (primary N) is 1. The Morgan fingerprint density at radius 2 is 1.14 bits per heavy atom. The van der Waals surface area contributed by atoms with Crippen LogP contribution in [0.5, 0.6) is 0 Å². The predicted molar refractivity (Wildman–Crippen MR) is 231 cm³/mol. The molecule has 57 heavy (non-hydrogen) atoms. The summed E-state index contributed by atoms with van der Waals surface area (Å²) in [6.07, 6.45) is 42.1. The van der Waals surface area contributed by atoms with E-state index >= 15 is 0 Å². The molecule has 1 unspecified atom stereocenters. The molecule has 0 spiro atoms. The van der Waals surface area contributed by atoms with E-state index in [1.54, 1.807) is 0 Å². The molecule has 4 atom stereocenters. The lowest BCUT2D eigenvalue weighted by atomic mass is 10.0. The van der Waals surface area contributed by atoms with E-state index < -0.39 is 44.7 Å². The minimum absolute atomic E-state index is 0.000200. The molecule has 11 nitrogen and oxygen atoms in total. The number of phosphoric ester groups is 1. The normalized spacial score (nSPS) is 15.3. The number of allylic oxidation sites excluding steroid dienone is 13. The molecule has 0 amide bonds. The van der Waals surface area contributed by atoms with Crippen LogP contribution >= 0.6 is 7.82 Å². The summed E-state index contributed by atoms with van der Waals surface area (Å²) in [5.74, 6) is -1.15. The van der Waals surface area contributed by atoms with Crippen LogP contribution in [0.3, 0.4) is 0 Å². The third-order valence-electron chi connectivity index (χ3n) is 8.47. The molecule has 0 aliphatic carbocycles. The van der Waals surface area contributed by atoms with Gasteiger partial charge in [0.05, 0.1) is 25.4 Å². The highest BCUT2D eigenvalue weighted by Gasteiger charge is 2.26. The van der Waals surface area contributed by atoms with Crippen LogP contribution < -0.4 is 5.73 Å². The highest BCUT2D eigenvalue weighted by Crippen LogP contribution is 2.43. The van der Waals surface area contributed by atoms with E-state index in [9.17, 15) is 29.3 Å². The van der Waals surface area contributed by atoms with Gasteiger partial charge in [-0.15, -0.1) is 0 Å². The summed E-state index contributed by atoms with van der Waals surface area (Å²) in [5, 5.41) is 20.7. The van der Waals surface area contributed by atoms with Gasteiger partial charge < -0.3 is 30.3 Å². The zero-order valence-corrected chi connectivity index (χ0v) is 35.9. The van der Waals surface area contributed by atoms with Gasteiger partial charge in [0.15, 0.2) is 6.10 Å². The molecule has 0 aromatic heterocycles. The van der Waals surface area contributed by atoms with Crippen LogP contribution in [-0.2, 0) is 32.7 Å². The molecule has 12 heteroatoms. The highest BCUT2D eigenvalue weighted by atomic mass is 31.2. The van der Waals surface area contributed by atoms with E-state index in [0.717, 1.165) is 70.6 Å². The maximum absolute atomic E-state index is 12.6. The molecule has 0 aromatic carbocycles. The Morgan fingerprint density at radius 1 is 0.614 bits per heavy atom. The second kappa shape index (κ2) is 39.9. The number of unbranched alkanes of at least 4 members (excludes halogenated alkanes) is 7. The summed E-state index contributed by atoms with van der Waals surface area (Å²) in [4.78, 5) is 34.9. The molecule has 0 fully saturated rings. The van der Waals surface area contributed by atoms with E-state index in [1.807, 2.05) is 18.2 Å². The van der Waals surface area contributed by atoms with Crippen LogP contribution in [0.2, 0.25) is 0 Å². The highest BCUT2D eigenvalue weighted by molar-refractivity contribution is 7.47. The number of ether oxygens (including phenoxy) is 2. The van der Waals surface area contributed by atoms with E-state index in [-0.39, 0.29) is 51.9 Å². The van der Waals surface area contributed by atoms with Crippen LogP contribution in [0.25, 0.3) is 0 Å². The molecule has 0 radical (unpaired) electrons. The lowest BCUT2D eigenvalue weighted by Gasteiger charge is -2.20. The first-order chi connectivity index (χ1) is 27.6. The van der Waals surface area contributed by atoms with Crippen molar-refractivity contribution in [2.24, 2.45) is 5.73 Å². The molecule has 0 aliphatic rings. The van der Waals surface area contributed by atoms with Crippen LogP contribution in [-0.4, -0.2) is 71.7 Å². The zero-order chi connectivity index (χ0) is 42.1. The first-order valence-corrected chi connectivity index (χ1v) is 22.7. The van der Waals surface area contributed by atoms with Gasteiger partial charge in [0.1, 0.15) is 6.61 Å². The largest absolute Gasteiger partial charge is 0.472 e. The van der Waals surface area contributed by atoms with Gasteiger partial charge in [0, 0.05) is 19.4 Å². The third kappa shape index (κ3) is 38.4. The lowest BCUT2D eigenvalue weighted by molar-refractivity contribution is -0.161. The smallest absolute Gasteiger partial charge is 0.462 e. The first kappa shape index (κ1) is 54.1. The van der Waals surface area contributed by atoms with Crippen molar-refractivity contribution in [1.82, 2.24) is 0 Å². The summed E-state index contributed by atoms with van der Waals surface area (Å²) in [5.41, 5.74) is 5.33. The average molecular weight is 822 g/mol. The second-order valence-corrected chi connectivity index (χ2v) is 15.2. The topological polar surface area (TPSA) is 175 Å². The van der Waals surface area contributed by atoms with Crippen molar-refractivity contribution in [2.45, 2.75) is 161 Å². The van der Waals surface area contributed by atoms with Crippen molar-refractivity contribution in [1.29, 1.82) is 0 Å². The van der Waals surface area contributed by atoms with Gasteiger partial charge in [0.2, 0.25) is 0 Å². The number of hydrogen-bond donors (Lipinski definition) is 4. The maximum atomic E-state index is 12.6. The molecule has 5 N–H and O–H groups in total. The first-order valence-electron chi connectivity index (χ1n) is 21.2. The van der Waals surface area contributed by atoms with Crippen molar-refractivity contribution < 1.29 is 47.8 Å². The maximum Gasteiger partial charge on any atom is 0.472 e. The fraction of sp³-hybridized carbons (Fsp3) is 0.644. The number of aliphatic hydroxyl groups is 2. The average Bonchev–Trinajstić information content (AvgIpc) is 3.19. The van der Waals surface area contributed by atoms with Crippen LogP contribution in [0.4, 0.5) is 0 Å². The molecule has 0 aliphatic heterocycles. The van der Waals surface area contributed by atoms with E-state index in [1.165, 1.54) is 19.3 Å². The van der Waals surface area contributed by atoms with Crippen LogP contribution in [0.1, 0.15) is 142 Å². The fourth-order valence-corrected chi connectivity index (χ4v) is 5.96. The molecule has 0 saturated heterocycles. The summed E-state index contributed by atoms with van der Waals surface area (Å²) in [7, 11) is -4.47. The van der Waals surface area contributed by atoms with Crippen molar-refractivity contribution in [3.05, 3.63) is 85.1 Å². The summed E-state index contributed by atoms with van der Waals surface area (Å²) >= 11 is 0. The molecular formula is C45H76NO10P. The number of phosphoric acid groups is 1. The SMILES string of the molecule is CC/C=C\C/C=C\C/C=C\C/C=C\C[C@@H](O)[C@H](O)CCCC(=O)O[C@H](COC(=O)CCCCCC/C=C\C/C=C\C/C=C\CCCCC)COP(=O)(O)OCCN. The number of esters is 2. The van der Waals surface area contributed by atoms with Crippen molar-refractivity contribution in [2.75, 3.05) is 26.4 Å². The lowest BCUT2D eigenvalue weighted by Crippen LogP contribution is -2.30. The monoisotopic (exact) mass is 822 g/mol. The Labute approximate surface area is 344 Å². The molecule has 326 valence electrons. The molecule has 0 rings (SSSR count). The summed E-state index contributed by atoms with van der Waals surface area (Å²) < 4.78 is 32.5. The molecular weight excluding hydrogens is 745 g/mol. The fourth-order valence-electron chi connectivity index (χ4n) is 5.20. The van der Waals surface area contributed by atoms with Crippen LogP contribution in [0.15, 0.2) is 85.1 Å². The Hall–Kier alpha value is -2.89. The number of rotatable bonds is 38. The van der Waals surface area contributed by atoms with Gasteiger partial charge in [-0.1, -0.05) is 125 Å². The van der Waals surface area contributed by atoms with Gasteiger partial charge in [0.25, 0.3) is 0 Å². The van der Waals surface area contributed by atoms with Crippen molar-refractivity contribution in [3.63, 3.8) is 0 Å². The predicted octanol–water partition coefficient (Wildman–Crippen LogP) is 9.99. The zero-order valence-electron chi connectivity index (χ0n) is 35.0. The Morgan fingerprint density at radius 3 is 1.72 bits per heavy atom. The van der Waals surface area contributed by atoms with E-state index in [0.29, 0.717) is 6.42 Å². The minimum atomic E-state index is -4.47. The summed E-state index contributed by atoms with van der Waals surface area (Å²) in [6, 6.07) is 0. The van der Waals surface area contributed by atoms with Gasteiger partial charge in [-0.25, -0.2) is 4.57 Å². The quantitative estimate of drug-likeness (QED) is 0.0202. The van der Waals surface area contributed by atoms with E-state index in [2.05, 4.69) is 80.7 Å². The Kier molecular flexibility index (Phi) is 37.9. The number of aliphatic hydroxyl groups excluding tert-OH is 2. The Balaban J connectivity index is 4.48. The van der Waals surface area contributed by atoms with Gasteiger partial charge in [-0.2, -0.15) is 0 Å². The minimum Gasteiger partial charge on any atom is -0.462 e. The molecule has 0 heterocycles. The van der Waals surface area contributed by atoms with Gasteiger partial charge >= 0.3 is 19.8 Å². The standard InChI is InChI=1S/C45H76NO10P/c1-3-5-7-9-11-13-15-17-18-19-20-21-23-25-27-29-31-35-44(49)53-39-41(40-55-57(51,52)54-38-37-46)56-45(50)36-32-34-43(48)42(47)33-30-28-26-24-22-16-14-12-10-8-6-4-2/h6,8,11-14,17-18,20-22,24,28,30,41-43,47-48H,3-5,7,9-10,15-16,19,23,25-27,29,31-40,46H2,1-2H3,(H,51,52)/b8-6-,13-11-,14-12-,18-17-,21-20-,24-22-,30-28-/t41-,42-,43-/m1/s1. The molecule has 0 aromatic rings. The van der Waals surface area contributed by atoms with Crippen molar-refractivity contribution >= 4 is 19.8 Å². The number of carbonyl (C=O) groups is 2. The molecule has 0 bridgehead atoms. The van der Waals surface area contributed by atoms with Crippen molar-refractivity contribution in [3.8, 4) is 0 Å². The molecule has 0 saturated carbocycles.